The summed E-state index contributed by atoms with van der Waals surface area (Å²) < 4.78 is 12.2. The van der Waals surface area contributed by atoms with Gasteiger partial charge in [0.2, 0.25) is 5.91 Å². The Bertz CT molecular complexity index is 1060. The van der Waals surface area contributed by atoms with Crippen LogP contribution >= 0.6 is 22.9 Å². The number of carbonyl (C=O) groups excluding carboxylic acids is 1. The number of nitrogens with one attached hydrogen (secondary N) is 1. The van der Waals surface area contributed by atoms with Crippen LogP contribution in [0.3, 0.4) is 0 Å². The van der Waals surface area contributed by atoms with Crippen LogP contribution in [0.4, 0.5) is 10.8 Å². The molecule has 1 fully saturated rings. The molecule has 0 spiro atoms. The largest absolute Gasteiger partial charge is 0.492 e. The van der Waals surface area contributed by atoms with E-state index in [2.05, 4.69) is 10.2 Å². The van der Waals surface area contributed by atoms with Crippen LogP contribution in [0.5, 0.6) is 5.75 Å². The van der Waals surface area contributed by atoms with E-state index in [0.29, 0.717) is 18.1 Å². The van der Waals surface area contributed by atoms with Crippen molar-refractivity contribution in [3.05, 3.63) is 47.0 Å². The molecular weight excluding hydrogens is 410 g/mol. The number of hydrogen-bond donors (Lipinski definition) is 1. The van der Waals surface area contributed by atoms with Crippen molar-refractivity contribution in [1.29, 1.82) is 0 Å². The Morgan fingerprint density at radius 1 is 1.21 bits per heavy atom. The summed E-state index contributed by atoms with van der Waals surface area (Å²) in [7, 11) is 0. The monoisotopic (exact) mass is 429 g/mol. The highest BCUT2D eigenvalue weighted by molar-refractivity contribution is 7.22. The smallest absolute Gasteiger partial charge is 0.231 e. The van der Waals surface area contributed by atoms with Gasteiger partial charge in [0.15, 0.2) is 5.13 Å². The molecule has 1 aromatic heterocycles. The fourth-order valence-electron chi connectivity index (χ4n) is 3.66. The summed E-state index contributed by atoms with van der Waals surface area (Å²) in [4.78, 5) is 19.8. The summed E-state index contributed by atoms with van der Waals surface area (Å²) >= 11 is 7.72. The molecule has 150 valence electrons. The molecule has 8 heteroatoms. The minimum atomic E-state index is -0.248. The maximum Gasteiger partial charge on any atom is 0.231 e. The van der Waals surface area contributed by atoms with Crippen LogP contribution in [0, 0.1) is 5.92 Å². The number of benzene rings is 2. The lowest BCUT2D eigenvalue weighted by atomic mass is 9.96. The van der Waals surface area contributed by atoms with Gasteiger partial charge in [0.05, 0.1) is 29.3 Å². The zero-order chi connectivity index (χ0) is 19.8. The third kappa shape index (κ3) is 3.90. The quantitative estimate of drug-likeness (QED) is 0.682. The number of thiazole rings is 1. The number of nitrogens with zero attached hydrogens (tertiary/aromatic N) is 2. The van der Waals surface area contributed by atoms with Gasteiger partial charge in [-0.25, -0.2) is 4.98 Å². The van der Waals surface area contributed by atoms with Crippen LogP contribution in [-0.2, 0) is 16.0 Å². The Hall–Kier alpha value is -2.35. The van der Waals surface area contributed by atoms with Crippen LogP contribution in [0.15, 0.2) is 36.4 Å². The molecule has 6 nitrogen and oxygen atoms in total. The molecule has 1 amide bonds. The van der Waals surface area contributed by atoms with E-state index in [4.69, 9.17) is 26.1 Å². The first-order chi connectivity index (χ1) is 14.2. The molecule has 0 radical (unpaired) electrons. The van der Waals surface area contributed by atoms with Crippen molar-refractivity contribution in [2.75, 3.05) is 43.1 Å². The number of carbonyl (C=O) groups is 1. The maximum atomic E-state index is 12.8. The van der Waals surface area contributed by atoms with E-state index in [1.54, 1.807) is 17.4 Å². The van der Waals surface area contributed by atoms with Crippen molar-refractivity contribution in [2.24, 2.45) is 5.92 Å². The third-order valence-electron chi connectivity index (χ3n) is 5.23. The molecule has 0 saturated carbocycles. The Labute approximate surface area is 177 Å². The number of amides is 1. The molecule has 1 atom stereocenters. The number of fused-ring (bicyclic) bond motifs is 2. The van der Waals surface area contributed by atoms with Crippen LogP contribution in [0.2, 0.25) is 5.02 Å². The fraction of sp³-hybridized carbons (Fsp3) is 0.333. The summed E-state index contributed by atoms with van der Waals surface area (Å²) in [5.74, 6) is 0.509. The van der Waals surface area contributed by atoms with Gasteiger partial charge in [0, 0.05) is 23.8 Å². The maximum absolute atomic E-state index is 12.8. The molecule has 3 aromatic rings. The van der Waals surface area contributed by atoms with Gasteiger partial charge in [-0.3, -0.25) is 4.79 Å². The number of aromatic nitrogens is 1. The predicted molar refractivity (Wildman–Crippen MR) is 115 cm³/mol. The van der Waals surface area contributed by atoms with Crippen molar-refractivity contribution in [2.45, 2.75) is 6.42 Å². The second kappa shape index (κ2) is 7.82. The highest BCUT2D eigenvalue weighted by atomic mass is 35.5. The summed E-state index contributed by atoms with van der Waals surface area (Å²) in [5.41, 5.74) is 2.69. The highest BCUT2D eigenvalue weighted by Gasteiger charge is 2.26. The topological polar surface area (TPSA) is 63.7 Å². The number of anilines is 2. The number of ether oxygens (including phenoxy) is 2. The van der Waals surface area contributed by atoms with Crippen LogP contribution in [0.1, 0.15) is 5.56 Å². The Morgan fingerprint density at radius 3 is 2.93 bits per heavy atom. The van der Waals surface area contributed by atoms with Gasteiger partial charge in [-0.15, -0.1) is 0 Å². The zero-order valence-electron chi connectivity index (χ0n) is 15.7. The summed E-state index contributed by atoms with van der Waals surface area (Å²) in [6, 6.07) is 11.4. The average molecular weight is 430 g/mol. The van der Waals surface area contributed by atoms with Gasteiger partial charge in [-0.05, 0) is 48.4 Å². The number of morpholine rings is 1. The van der Waals surface area contributed by atoms with Crippen LogP contribution in [0.25, 0.3) is 10.2 Å². The highest BCUT2D eigenvalue weighted by Crippen LogP contribution is 2.33. The Morgan fingerprint density at radius 2 is 2.07 bits per heavy atom. The normalized spacial score (nSPS) is 18.9. The lowest BCUT2D eigenvalue weighted by Crippen LogP contribution is -2.36. The molecule has 5 rings (SSSR count). The minimum absolute atomic E-state index is 0.0482. The zero-order valence-corrected chi connectivity index (χ0v) is 17.3. The Kier molecular flexibility index (Phi) is 5.03. The average Bonchev–Trinajstić information content (AvgIpc) is 3.17. The van der Waals surface area contributed by atoms with E-state index in [1.165, 1.54) is 0 Å². The summed E-state index contributed by atoms with van der Waals surface area (Å²) in [6.45, 7) is 3.54. The molecule has 0 aliphatic carbocycles. The number of hydrogen-bond acceptors (Lipinski definition) is 6. The van der Waals surface area contributed by atoms with Gasteiger partial charge in [-0.1, -0.05) is 22.9 Å². The van der Waals surface area contributed by atoms with Crippen molar-refractivity contribution in [1.82, 2.24) is 4.98 Å². The van der Waals surface area contributed by atoms with Gasteiger partial charge >= 0.3 is 0 Å². The standard InChI is InChI=1S/C21H20ClN3O3S/c22-15-1-4-18-13(10-15)9-14(12-28-18)20(26)23-16-2-3-17-19(11-16)29-21(24-17)25-5-7-27-8-6-25/h1-4,10-11,14H,5-9,12H2,(H,23,26). The molecular formula is C21H20ClN3O3S. The lowest BCUT2D eigenvalue weighted by molar-refractivity contribution is -0.121. The molecule has 29 heavy (non-hydrogen) atoms. The molecule has 1 saturated heterocycles. The first kappa shape index (κ1) is 18.7. The summed E-state index contributed by atoms with van der Waals surface area (Å²) in [5, 5.41) is 4.69. The molecule has 2 aromatic carbocycles. The number of halogens is 1. The van der Waals surface area contributed by atoms with E-state index in [-0.39, 0.29) is 11.8 Å². The second-order valence-corrected chi connectivity index (χ2v) is 8.68. The van der Waals surface area contributed by atoms with Crippen LogP contribution < -0.4 is 15.0 Å². The van der Waals surface area contributed by atoms with E-state index in [0.717, 1.165) is 58.7 Å². The van der Waals surface area contributed by atoms with Gasteiger partial charge in [0.1, 0.15) is 12.4 Å². The fourth-order valence-corrected chi connectivity index (χ4v) is 4.91. The molecule has 2 aliphatic rings. The number of rotatable bonds is 3. The van der Waals surface area contributed by atoms with Crippen molar-refractivity contribution in [3.63, 3.8) is 0 Å². The SMILES string of the molecule is O=C(Nc1ccc2nc(N3CCOCC3)sc2c1)C1COc2ccc(Cl)cc2C1. The summed E-state index contributed by atoms with van der Waals surface area (Å²) in [6.07, 6.45) is 0.617. The van der Waals surface area contributed by atoms with Crippen LogP contribution in [-0.4, -0.2) is 43.8 Å². The molecule has 2 aliphatic heterocycles. The van der Waals surface area contributed by atoms with Gasteiger partial charge < -0.3 is 19.7 Å². The van der Waals surface area contributed by atoms with Crippen molar-refractivity contribution < 1.29 is 14.3 Å². The molecule has 0 bridgehead atoms. The van der Waals surface area contributed by atoms with E-state index in [9.17, 15) is 4.79 Å². The molecule has 1 unspecified atom stereocenters. The lowest BCUT2D eigenvalue weighted by Gasteiger charge is -2.25. The molecule has 1 N–H and O–H groups in total. The van der Waals surface area contributed by atoms with Gasteiger partial charge in [0.25, 0.3) is 0 Å². The van der Waals surface area contributed by atoms with Crippen molar-refractivity contribution >= 4 is 49.9 Å². The van der Waals surface area contributed by atoms with E-state index in [1.807, 2.05) is 30.3 Å². The minimum Gasteiger partial charge on any atom is -0.492 e. The molecule has 3 heterocycles. The van der Waals surface area contributed by atoms with E-state index < -0.39 is 0 Å². The first-order valence-corrected chi connectivity index (χ1v) is 10.8. The second-order valence-electron chi connectivity index (χ2n) is 7.23. The van der Waals surface area contributed by atoms with Gasteiger partial charge in [-0.2, -0.15) is 0 Å². The Balaban J connectivity index is 1.30. The van der Waals surface area contributed by atoms with E-state index >= 15 is 0 Å². The predicted octanol–water partition coefficient (Wildman–Crippen LogP) is 3.98. The first-order valence-electron chi connectivity index (χ1n) is 9.61. The third-order valence-corrected chi connectivity index (χ3v) is 6.54. The van der Waals surface area contributed by atoms with Crippen molar-refractivity contribution in [3.8, 4) is 5.75 Å².